The zero-order valence-corrected chi connectivity index (χ0v) is 17.0. The molecule has 0 aromatic heterocycles. The highest BCUT2D eigenvalue weighted by Gasteiger charge is 2.20. The van der Waals surface area contributed by atoms with Crippen LogP contribution in [0.4, 0.5) is 17.1 Å². The largest absolute Gasteiger partial charge is 0.490 e. The number of benzene rings is 2. The van der Waals surface area contributed by atoms with E-state index in [0.29, 0.717) is 26.9 Å². The predicted octanol–water partition coefficient (Wildman–Crippen LogP) is 1.66. The number of halogens is 1. The number of methoxy groups -OCH3 is 1. The minimum Gasteiger partial charge on any atom is -0.490 e. The smallest absolute Gasteiger partial charge is 0.311 e. The van der Waals surface area contributed by atoms with Crippen LogP contribution in [-0.4, -0.2) is 44.0 Å². The second-order valence-corrected chi connectivity index (χ2v) is 6.89. The molecule has 0 saturated heterocycles. The van der Waals surface area contributed by atoms with Gasteiger partial charge in [-0.05, 0) is 24.6 Å². The van der Waals surface area contributed by atoms with Crippen LogP contribution in [0, 0.1) is 17.0 Å². The van der Waals surface area contributed by atoms with Gasteiger partial charge in [-0.25, -0.2) is 0 Å². The Kier molecular flexibility index (Phi) is 7.52. The maximum atomic E-state index is 12.3. The number of nitro groups is 1. The Hall–Kier alpha value is -3.17. The Labute approximate surface area is 172 Å². The first-order chi connectivity index (χ1) is 13.7. The molecule has 0 aliphatic carbocycles. The van der Waals surface area contributed by atoms with Gasteiger partial charge in [0.2, 0.25) is 0 Å². The fourth-order valence-corrected chi connectivity index (χ4v) is 2.86. The number of amides is 2. The molecule has 0 radical (unpaired) electrons. The molecule has 0 spiro atoms. The molecule has 29 heavy (non-hydrogen) atoms. The molecule has 1 unspecified atom stereocenters. The highest BCUT2D eigenvalue weighted by molar-refractivity contribution is 6.33. The molecule has 0 bridgehead atoms. The van der Waals surface area contributed by atoms with Crippen molar-refractivity contribution in [1.29, 1.82) is 0 Å². The van der Waals surface area contributed by atoms with Gasteiger partial charge in [0.05, 0.1) is 29.8 Å². The average molecular weight is 422 g/mol. The monoisotopic (exact) mass is 421 g/mol. The molecule has 3 N–H and O–H groups in total. The van der Waals surface area contributed by atoms with Crippen LogP contribution in [0.25, 0.3) is 0 Å². The minimum atomic E-state index is -0.549. The Morgan fingerprint density at radius 1 is 1.14 bits per heavy atom. The number of rotatable bonds is 8. The van der Waals surface area contributed by atoms with Gasteiger partial charge in [-0.2, -0.15) is 0 Å². The number of carbonyl (C=O) groups is 2. The van der Waals surface area contributed by atoms with Crippen molar-refractivity contribution in [3.8, 4) is 5.75 Å². The van der Waals surface area contributed by atoms with E-state index in [0.717, 1.165) is 0 Å². The summed E-state index contributed by atoms with van der Waals surface area (Å²) in [5, 5.41) is 16.9. The van der Waals surface area contributed by atoms with Gasteiger partial charge < -0.3 is 20.3 Å². The summed E-state index contributed by atoms with van der Waals surface area (Å²) in [6.45, 7) is 1.73. The molecule has 0 aliphatic heterocycles. The molecule has 1 atom stereocenters. The third-order valence-corrected chi connectivity index (χ3v) is 4.40. The summed E-state index contributed by atoms with van der Waals surface area (Å²) in [5.41, 5.74) is 1.26. The fraction of sp³-hybridized carbons (Fsp3) is 0.263. The molecule has 2 aromatic rings. The summed E-state index contributed by atoms with van der Waals surface area (Å²) < 4.78 is 5.02. The Morgan fingerprint density at radius 2 is 1.72 bits per heavy atom. The number of aryl methyl sites for hydroxylation is 1. The number of hydrogen-bond acceptors (Lipinski definition) is 5. The molecule has 10 heteroatoms. The van der Waals surface area contributed by atoms with Crippen LogP contribution in [0.1, 0.15) is 5.56 Å². The summed E-state index contributed by atoms with van der Waals surface area (Å²) in [7, 11) is 3.02. The number of likely N-dealkylation sites (N-methyl/N-ethyl adjacent to an activating group) is 1. The second kappa shape index (κ2) is 9.85. The number of nitrogens with one attached hydrogen (secondary N) is 3. The maximum absolute atomic E-state index is 12.3. The van der Waals surface area contributed by atoms with E-state index in [1.54, 1.807) is 38.2 Å². The van der Waals surface area contributed by atoms with Gasteiger partial charge in [-0.15, -0.1) is 0 Å². The number of anilines is 2. The van der Waals surface area contributed by atoms with Crippen molar-refractivity contribution in [3.05, 3.63) is 57.1 Å². The van der Waals surface area contributed by atoms with Crippen molar-refractivity contribution < 1.29 is 24.1 Å². The zero-order valence-electron chi connectivity index (χ0n) is 16.2. The number of quaternary nitrogens is 1. The van der Waals surface area contributed by atoms with Gasteiger partial charge in [-0.1, -0.05) is 23.7 Å². The fourth-order valence-electron chi connectivity index (χ4n) is 2.68. The van der Waals surface area contributed by atoms with Crippen molar-refractivity contribution in [1.82, 2.24) is 0 Å². The van der Waals surface area contributed by atoms with Gasteiger partial charge >= 0.3 is 5.69 Å². The average Bonchev–Trinajstić information content (AvgIpc) is 2.64. The summed E-state index contributed by atoms with van der Waals surface area (Å²) >= 11 is 6.01. The van der Waals surface area contributed by atoms with Gasteiger partial charge in [0, 0.05) is 17.8 Å². The first-order valence-corrected chi connectivity index (χ1v) is 9.07. The molecular weight excluding hydrogens is 400 g/mol. The molecule has 0 saturated carbocycles. The number of ether oxygens (including phenoxy) is 1. The minimum absolute atomic E-state index is 0.0225. The van der Waals surface area contributed by atoms with Crippen LogP contribution in [0.15, 0.2) is 36.4 Å². The van der Waals surface area contributed by atoms with Gasteiger partial charge in [-0.3, -0.25) is 19.7 Å². The number of hydrogen-bond donors (Lipinski definition) is 3. The highest BCUT2D eigenvalue weighted by atomic mass is 35.5. The van der Waals surface area contributed by atoms with Crippen LogP contribution in [0.5, 0.6) is 5.75 Å². The standard InChI is InChI=1S/C19H21ClN4O5/c1-12-8-16(24(27)28)17(29-3)9-15(12)22-19(26)11-23(2)10-18(25)21-14-7-5-4-6-13(14)20/h4-9H,10-11H2,1-3H3,(H,21,25)(H,22,26)/p+1. The Bertz CT molecular complexity index is 935. The third kappa shape index (κ3) is 6.16. The lowest BCUT2D eigenvalue weighted by Gasteiger charge is -2.15. The van der Waals surface area contributed by atoms with E-state index in [2.05, 4.69) is 10.6 Å². The van der Waals surface area contributed by atoms with Crippen molar-refractivity contribution >= 4 is 40.5 Å². The molecule has 154 valence electrons. The topological polar surface area (TPSA) is 115 Å². The lowest BCUT2D eigenvalue weighted by molar-refractivity contribution is -0.862. The van der Waals surface area contributed by atoms with E-state index < -0.39 is 4.92 Å². The van der Waals surface area contributed by atoms with Crippen molar-refractivity contribution in [3.63, 3.8) is 0 Å². The number of nitro benzene ring substituents is 1. The maximum Gasteiger partial charge on any atom is 0.311 e. The summed E-state index contributed by atoms with van der Waals surface area (Å²) in [4.78, 5) is 35.6. The lowest BCUT2D eigenvalue weighted by Crippen LogP contribution is -3.11. The highest BCUT2D eigenvalue weighted by Crippen LogP contribution is 2.32. The van der Waals surface area contributed by atoms with Crippen LogP contribution in [0.2, 0.25) is 5.02 Å². The van der Waals surface area contributed by atoms with E-state index in [4.69, 9.17) is 16.3 Å². The number of nitrogens with zero attached hydrogens (tertiary/aromatic N) is 1. The van der Waals surface area contributed by atoms with Gasteiger partial charge in [0.1, 0.15) is 0 Å². The van der Waals surface area contributed by atoms with E-state index in [1.807, 2.05) is 0 Å². The third-order valence-electron chi connectivity index (χ3n) is 4.07. The summed E-state index contributed by atoms with van der Waals surface area (Å²) in [5.74, 6) is -0.570. The van der Waals surface area contributed by atoms with Gasteiger partial charge in [0.15, 0.2) is 18.8 Å². The van der Waals surface area contributed by atoms with Crippen molar-refractivity contribution in [2.24, 2.45) is 0 Å². The second-order valence-electron chi connectivity index (χ2n) is 6.48. The van der Waals surface area contributed by atoms with E-state index in [1.165, 1.54) is 19.2 Å². The van der Waals surface area contributed by atoms with Crippen LogP contribution in [-0.2, 0) is 9.59 Å². The van der Waals surface area contributed by atoms with Crippen molar-refractivity contribution in [2.75, 3.05) is 37.9 Å². The Balaban J connectivity index is 1.95. The summed E-state index contributed by atoms with van der Waals surface area (Å²) in [6.07, 6.45) is 0. The zero-order chi connectivity index (χ0) is 21.6. The molecule has 0 heterocycles. The SMILES string of the molecule is COc1cc(NC(=O)C[NH+](C)CC(=O)Nc2ccccc2Cl)c(C)cc1[N+](=O)[O-]. The first kappa shape index (κ1) is 22.1. The normalized spacial score (nSPS) is 11.4. The van der Waals surface area contributed by atoms with E-state index in [9.17, 15) is 19.7 Å². The molecule has 0 fully saturated rings. The van der Waals surface area contributed by atoms with Crippen LogP contribution in [0.3, 0.4) is 0 Å². The number of para-hydroxylation sites is 1. The van der Waals surface area contributed by atoms with E-state index in [-0.39, 0.29) is 36.3 Å². The van der Waals surface area contributed by atoms with Crippen LogP contribution < -0.4 is 20.3 Å². The first-order valence-electron chi connectivity index (χ1n) is 8.69. The van der Waals surface area contributed by atoms with Crippen LogP contribution >= 0.6 is 11.6 Å². The van der Waals surface area contributed by atoms with Gasteiger partial charge in [0.25, 0.3) is 11.8 Å². The molecule has 2 aromatic carbocycles. The molecular formula is C19H22ClN4O5+. The molecule has 2 rings (SSSR count). The van der Waals surface area contributed by atoms with Crippen molar-refractivity contribution in [2.45, 2.75) is 6.92 Å². The Morgan fingerprint density at radius 3 is 2.28 bits per heavy atom. The summed E-state index contributed by atoms with van der Waals surface area (Å²) in [6, 6.07) is 9.61. The predicted molar refractivity (Wildman–Crippen MR) is 110 cm³/mol. The molecule has 0 aliphatic rings. The number of carbonyl (C=O) groups excluding carboxylic acids is 2. The molecule has 9 nitrogen and oxygen atoms in total. The van der Waals surface area contributed by atoms with E-state index >= 15 is 0 Å². The lowest BCUT2D eigenvalue weighted by atomic mass is 10.1. The quantitative estimate of drug-likeness (QED) is 0.443. The molecule has 2 amide bonds.